The summed E-state index contributed by atoms with van der Waals surface area (Å²) in [6.45, 7) is 6.80. The lowest BCUT2D eigenvalue weighted by Crippen LogP contribution is -2.16. The number of aryl methyl sites for hydroxylation is 2. The van der Waals surface area contributed by atoms with Crippen LogP contribution in [-0.2, 0) is 18.3 Å². The quantitative estimate of drug-likeness (QED) is 0.681. The molecule has 2 aromatic heterocycles. The third kappa shape index (κ3) is 1.41. The minimum atomic E-state index is 0.186. The van der Waals surface area contributed by atoms with E-state index in [-0.39, 0.29) is 5.41 Å². The van der Waals surface area contributed by atoms with E-state index in [1.807, 2.05) is 11.3 Å². The Morgan fingerprint density at radius 1 is 1.25 bits per heavy atom. The van der Waals surface area contributed by atoms with Gasteiger partial charge in [-0.3, -0.25) is 4.40 Å². The minimum absolute atomic E-state index is 0.186. The molecule has 0 unspecified atom stereocenters. The van der Waals surface area contributed by atoms with Crippen LogP contribution in [0.5, 0.6) is 0 Å². The highest BCUT2D eigenvalue weighted by atomic mass is 32.1. The number of imidazole rings is 1. The smallest absolute Gasteiger partial charge is 0.194 e. The van der Waals surface area contributed by atoms with Crippen molar-refractivity contribution < 1.29 is 0 Å². The number of nitrogens with zero attached hydrogens (tertiary/aromatic N) is 2. The van der Waals surface area contributed by atoms with Gasteiger partial charge in [0.15, 0.2) is 4.96 Å². The van der Waals surface area contributed by atoms with Crippen LogP contribution in [0.15, 0.2) is 6.20 Å². The van der Waals surface area contributed by atoms with Gasteiger partial charge >= 0.3 is 0 Å². The predicted octanol–water partition coefficient (Wildman–Crippen LogP) is 3.57. The van der Waals surface area contributed by atoms with Crippen molar-refractivity contribution in [1.82, 2.24) is 9.38 Å². The zero-order valence-electron chi connectivity index (χ0n) is 10.2. The molecule has 0 bridgehead atoms. The highest BCUT2D eigenvalue weighted by Gasteiger charge is 2.24. The van der Waals surface area contributed by atoms with Crippen LogP contribution in [0.2, 0.25) is 0 Å². The third-order valence-electron chi connectivity index (χ3n) is 3.37. The molecule has 0 fully saturated rings. The molecule has 0 aliphatic heterocycles. The van der Waals surface area contributed by atoms with Crippen molar-refractivity contribution in [3.8, 4) is 0 Å². The number of fused-ring (bicyclic) bond motifs is 3. The second kappa shape index (κ2) is 3.33. The Morgan fingerprint density at radius 3 is 2.75 bits per heavy atom. The number of thiazole rings is 1. The van der Waals surface area contributed by atoms with Crippen LogP contribution >= 0.6 is 11.3 Å². The van der Waals surface area contributed by atoms with E-state index in [4.69, 9.17) is 0 Å². The van der Waals surface area contributed by atoms with Crippen LogP contribution in [0.4, 0.5) is 0 Å². The topological polar surface area (TPSA) is 17.3 Å². The molecule has 2 aromatic rings. The Morgan fingerprint density at radius 2 is 2.00 bits per heavy atom. The average molecular weight is 234 g/mol. The molecule has 0 N–H and O–H groups in total. The maximum Gasteiger partial charge on any atom is 0.194 e. The van der Waals surface area contributed by atoms with E-state index in [1.54, 1.807) is 4.88 Å². The Hall–Kier alpha value is -0.830. The van der Waals surface area contributed by atoms with Crippen LogP contribution in [0.1, 0.15) is 49.9 Å². The van der Waals surface area contributed by atoms with Crippen LogP contribution in [0.25, 0.3) is 4.96 Å². The van der Waals surface area contributed by atoms with E-state index in [9.17, 15) is 0 Å². The summed E-state index contributed by atoms with van der Waals surface area (Å²) in [6.07, 6.45) is 7.23. The molecule has 2 heterocycles. The monoisotopic (exact) mass is 234 g/mol. The Bertz CT molecular complexity index is 528. The molecular weight excluding hydrogens is 216 g/mol. The second-order valence-corrected chi connectivity index (χ2v) is 6.75. The Balaban J connectivity index is 2.28. The van der Waals surface area contributed by atoms with Gasteiger partial charge in [0.2, 0.25) is 0 Å². The fourth-order valence-electron chi connectivity index (χ4n) is 2.52. The summed E-state index contributed by atoms with van der Waals surface area (Å²) in [7, 11) is 0. The van der Waals surface area contributed by atoms with Crippen molar-refractivity contribution in [2.75, 3.05) is 0 Å². The first-order chi connectivity index (χ1) is 7.57. The summed E-state index contributed by atoms with van der Waals surface area (Å²) >= 11 is 1.89. The van der Waals surface area contributed by atoms with Gasteiger partial charge in [-0.25, -0.2) is 4.98 Å². The molecule has 2 nitrogen and oxygen atoms in total. The fourth-order valence-corrected chi connectivity index (χ4v) is 3.70. The molecule has 0 spiro atoms. The van der Waals surface area contributed by atoms with Crippen LogP contribution in [-0.4, -0.2) is 9.38 Å². The normalized spacial score (nSPS) is 16.7. The van der Waals surface area contributed by atoms with Crippen LogP contribution in [0, 0.1) is 0 Å². The van der Waals surface area contributed by atoms with Gasteiger partial charge < -0.3 is 0 Å². The summed E-state index contributed by atoms with van der Waals surface area (Å²) in [5.74, 6) is 0. The summed E-state index contributed by atoms with van der Waals surface area (Å²) in [6, 6.07) is 0. The lowest BCUT2D eigenvalue weighted by molar-refractivity contribution is 0.554. The predicted molar refractivity (Wildman–Crippen MR) is 68.4 cm³/mol. The highest BCUT2D eigenvalue weighted by molar-refractivity contribution is 7.17. The minimum Gasteiger partial charge on any atom is -0.291 e. The second-order valence-electron chi connectivity index (χ2n) is 5.69. The lowest BCUT2D eigenvalue weighted by atomic mass is 9.92. The van der Waals surface area contributed by atoms with Crippen molar-refractivity contribution >= 4 is 16.3 Å². The van der Waals surface area contributed by atoms with Crippen molar-refractivity contribution in [3.63, 3.8) is 0 Å². The van der Waals surface area contributed by atoms with E-state index < -0.39 is 0 Å². The maximum atomic E-state index is 4.57. The zero-order chi connectivity index (χ0) is 11.3. The molecule has 0 atom stereocenters. The molecule has 3 heteroatoms. The number of aromatic nitrogens is 2. The SMILES string of the molecule is CC(C)(C)c1cnc2sc3c(n12)CCCC3. The zero-order valence-corrected chi connectivity index (χ0v) is 11.0. The van der Waals surface area contributed by atoms with Crippen molar-refractivity contribution in [2.45, 2.75) is 51.9 Å². The largest absolute Gasteiger partial charge is 0.291 e. The van der Waals surface area contributed by atoms with Gasteiger partial charge in [-0.15, -0.1) is 11.3 Å². The average Bonchev–Trinajstić information content (AvgIpc) is 2.73. The molecule has 1 aliphatic carbocycles. The van der Waals surface area contributed by atoms with E-state index in [1.165, 1.54) is 42.0 Å². The molecule has 0 saturated carbocycles. The van der Waals surface area contributed by atoms with Crippen molar-refractivity contribution in [3.05, 3.63) is 22.5 Å². The maximum absolute atomic E-state index is 4.57. The molecule has 16 heavy (non-hydrogen) atoms. The Kier molecular flexibility index (Phi) is 2.15. The first-order valence-electron chi connectivity index (χ1n) is 6.06. The first kappa shape index (κ1) is 10.3. The summed E-state index contributed by atoms with van der Waals surface area (Å²) < 4.78 is 2.42. The van der Waals surface area contributed by atoms with Gasteiger partial charge in [0, 0.05) is 21.7 Å². The summed E-state index contributed by atoms with van der Waals surface area (Å²) in [5.41, 5.74) is 3.08. The van der Waals surface area contributed by atoms with Gasteiger partial charge in [0.1, 0.15) is 0 Å². The van der Waals surface area contributed by atoms with Gasteiger partial charge in [0.05, 0.1) is 6.20 Å². The van der Waals surface area contributed by atoms with Gasteiger partial charge in [-0.2, -0.15) is 0 Å². The van der Waals surface area contributed by atoms with Gasteiger partial charge in [0.25, 0.3) is 0 Å². The van der Waals surface area contributed by atoms with Gasteiger partial charge in [-0.05, 0) is 25.7 Å². The third-order valence-corrected chi connectivity index (χ3v) is 4.53. The molecule has 86 valence electrons. The van der Waals surface area contributed by atoms with E-state index >= 15 is 0 Å². The van der Waals surface area contributed by atoms with Crippen LogP contribution < -0.4 is 0 Å². The fraction of sp³-hybridized carbons (Fsp3) is 0.615. The number of hydrogen-bond acceptors (Lipinski definition) is 2. The highest BCUT2D eigenvalue weighted by Crippen LogP contribution is 2.34. The van der Waals surface area contributed by atoms with E-state index in [0.29, 0.717) is 0 Å². The summed E-state index contributed by atoms with van der Waals surface area (Å²) in [5, 5.41) is 0. The van der Waals surface area contributed by atoms with Gasteiger partial charge in [-0.1, -0.05) is 20.8 Å². The number of hydrogen-bond donors (Lipinski definition) is 0. The molecule has 0 amide bonds. The number of rotatable bonds is 0. The molecule has 3 rings (SSSR count). The molecule has 0 radical (unpaired) electrons. The van der Waals surface area contributed by atoms with Crippen LogP contribution in [0.3, 0.4) is 0 Å². The first-order valence-corrected chi connectivity index (χ1v) is 6.87. The van der Waals surface area contributed by atoms with Crippen molar-refractivity contribution in [2.24, 2.45) is 0 Å². The standard InChI is InChI=1S/C13H18N2S/c1-13(2,3)11-8-14-12-15(11)9-6-4-5-7-10(9)16-12/h8H,4-7H2,1-3H3. The molecule has 1 aliphatic rings. The summed E-state index contributed by atoms with van der Waals surface area (Å²) in [4.78, 5) is 7.33. The molecular formula is C13H18N2S. The van der Waals surface area contributed by atoms with E-state index in [0.717, 1.165) is 0 Å². The lowest BCUT2D eigenvalue weighted by Gasteiger charge is -2.19. The van der Waals surface area contributed by atoms with E-state index in [2.05, 4.69) is 36.4 Å². The molecule has 0 saturated heterocycles. The van der Waals surface area contributed by atoms with Crippen molar-refractivity contribution in [1.29, 1.82) is 0 Å². The Labute approximate surface area is 100 Å². The molecule has 0 aromatic carbocycles.